The first kappa shape index (κ1) is 13.1. The molecule has 1 fully saturated rings. The number of hydrogen-bond donors (Lipinski definition) is 1. The molecule has 0 radical (unpaired) electrons. The number of amides is 1. The highest BCUT2D eigenvalue weighted by Gasteiger charge is 2.27. The third-order valence-corrected chi connectivity index (χ3v) is 3.88. The van der Waals surface area contributed by atoms with Crippen LogP contribution in [0.25, 0.3) is 10.9 Å². The first-order valence-electron chi connectivity index (χ1n) is 6.59. The molecule has 1 aliphatic rings. The van der Waals surface area contributed by atoms with Crippen LogP contribution in [0.3, 0.4) is 0 Å². The summed E-state index contributed by atoms with van der Waals surface area (Å²) >= 11 is 5.94. The Morgan fingerprint density at radius 2 is 2.35 bits per heavy atom. The maximum atomic E-state index is 12.0. The highest BCUT2D eigenvalue weighted by atomic mass is 35.5. The fraction of sp³-hybridized carbons (Fsp3) is 0.357. The average molecular weight is 291 g/mol. The van der Waals surface area contributed by atoms with Gasteiger partial charge >= 0.3 is 0 Å². The van der Waals surface area contributed by atoms with Crippen LogP contribution in [0.5, 0.6) is 0 Å². The van der Waals surface area contributed by atoms with Crippen molar-refractivity contribution >= 4 is 34.2 Å². The van der Waals surface area contributed by atoms with Gasteiger partial charge in [-0.3, -0.25) is 4.79 Å². The van der Waals surface area contributed by atoms with Gasteiger partial charge in [0.25, 0.3) is 0 Å². The molecule has 0 aliphatic carbocycles. The van der Waals surface area contributed by atoms with Crippen LogP contribution in [0.1, 0.15) is 13.3 Å². The van der Waals surface area contributed by atoms with Crippen molar-refractivity contribution in [2.45, 2.75) is 19.4 Å². The van der Waals surface area contributed by atoms with E-state index in [4.69, 9.17) is 11.6 Å². The SMILES string of the molecule is CC1CCN1C(=O)CNc1ncnc2cc(Cl)ccc12. The van der Waals surface area contributed by atoms with Gasteiger partial charge in [0.15, 0.2) is 0 Å². The van der Waals surface area contributed by atoms with Gasteiger partial charge in [-0.25, -0.2) is 9.97 Å². The summed E-state index contributed by atoms with van der Waals surface area (Å²) in [5.74, 6) is 0.762. The summed E-state index contributed by atoms with van der Waals surface area (Å²) in [6, 6.07) is 5.78. The zero-order chi connectivity index (χ0) is 14.1. The van der Waals surface area contributed by atoms with E-state index in [0.717, 1.165) is 23.9 Å². The summed E-state index contributed by atoms with van der Waals surface area (Å²) in [7, 11) is 0. The summed E-state index contributed by atoms with van der Waals surface area (Å²) < 4.78 is 0. The second-order valence-electron chi connectivity index (χ2n) is 4.96. The van der Waals surface area contributed by atoms with Crippen molar-refractivity contribution in [1.29, 1.82) is 0 Å². The second-order valence-corrected chi connectivity index (χ2v) is 5.40. The summed E-state index contributed by atoms with van der Waals surface area (Å²) in [5, 5.41) is 4.59. The van der Waals surface area contributed by atoms with Crippen LogP contribution in [0.2, 0.25) is 5.02 Å². The van der Waals surface area contributed by atoms with Crippen LogP contribution < -0.4 is 5.32 Å². The maximum Gasteiger partial charge on any atom is 0.242 e. The van der Waals surface area contributed by atoms with E-state index < -0.39 is 0 Å². The number of carbonyl (C=O) groups is 1. The van der Waals surface area contributed by atoms with Gasteiger partial charge in [-0.15, -0.1) is 0 Å². The molecule has 5 nitrogen and oxygen atoms in total. The zero-order valence-electron chi connectivity index (χ0n) is 11.1. The van der Waals surface area contributed by atoms with Crippen LogP contribution in [0, 0.1) is 0 Å². The number of anilines is 1. The van der Waals surface area contributed by atoms with E-state index in [9.17, 15) is 4.79 Å². The molecular formula is C14H15ClN4O. The van der Waals surface area contributed by atoms with Gasteiger partial charge in [0.2, 0.25) is 5.91 Å². The van der Waals surface area contributed by atoms with Crippen molar-refractivity contribution in [3.05, 3.63) is 29.5 Å². The minimum Gasteiger partial charge on any atom is -0.360 e. The molecule has 6 heteroatoms. The number of nitrogens with zero attached hydrogens (tertiary/aromatic N) is 3. The van der Waals surface area contributed by atoms with Gasteiger partial charge in [0.1, 0.15) is 12.1 Å². The lowest BCUT2D eigenvalue weighted by molar-refractivity contribution is -0.136. The molecule has 1 saturated heterocycles. The molecule has 1 N–H and O–H groups in total. The molecule has 1 unspecified atom stereocenters. The largest absolute Gasteiger partial charge is 0.360 e. The molecule has 1 aromatic carbocycles. The van der Waals surface area contributed by atoms with Crippen molar-refractivity contribution < 1.29 is 4.79 Å². The predicted molar refractivity (Wildman–Crippen MR) is 78.8 cm³/mol. The minimum atomic E-state index is 0.101. The monoisotopic (exact) mass is 290 g/mol. The third-order valence-electron chi connectivity index (χ3n) is 3.65. The van der Waals surface area contributed by atoms with Gasteiger partial charge < -0.3 is 10.2 Å². The summed E-state index contributed by atoms with van der Waals surface area (Å²) in [6.45, 7) is 3.16. The molecule has 0 bridgehead atoms. The Labute approximate surface area is 122 Å². The molecular weight excluding hydrogens is 276 g/mol. The molecule has 20 heavy (non-hydrogen) atoms. The first-order valence-corrected chi connectivity index (χ1v) is 6.96. The number of rotatable bonds is 3. The maximum absolute atomic E-state index is 12.0. The molecule has 104 valence electrons. The molecule has 1 amide bonds. The van der Waals surface area contributed by atoms with Crippen molar-refractivity contribution in [3.63, 3.8) is 0 Å². The van der Waals surface area contributed by atoms with Gasteiger partial charge in [0, 0.05) is 23.0 Å². The van der Waals surface area contributed by atoms with E-state index in [1.807, 2.05) is 11.0 Å². The number of benzene rings is 1. The lowest BCUT2D eigenvalue weighted by Gasteiger charge is -2.38. The Bertz CT molecular complexity index is 661. The first-order chi connectivity index (χ1) is 9.65. The van der Waals surface area contributed by atoms with Crippen LogP contribution >= 0.6 is 11.6 Å². The Morgan fingerprint density at radius 1 is 1.50 bits per heavy atom. The fourth-order valence-electron chi connectivity index (χ4n) is 2.32. The highest BCUT2D eigenvalue weighted by Crippen LogP contribution is 2.22. The minimum absolute atomic E-state index is 0.101. The van der Waals surface area contributed by atoms with Gasteiger partial charge in [0.05, 0.1) is 12.1 Å². The molecule has 2 aromatic rings. The van der Waals surface area contributed by atoms with Crippen molar-refractivity contribution in [1.82, 2.24) is 14.9 Å². The number of hydrogen-bond acceptors (Lipinski definition) is 4. The van der Waals surface area contributed by atoms with Gasteiger partial charge in [-0.05, 0) is 31.5 Å². The second kappa shape index (κ2) is 5.25. The highest BCUT2D eigenvalue weighted by molar-refractivity contribution is 6.31. The number of aromatic nitrogens is 2. The standard InChI is InChI=1S/C14H15ClN4O/c1-9-4-5-19(9)13(20)7-16-14-11-3-2-10(15)6-12(11)17-8-18-14/h2-3,6,8-9H,4-5,7H2,1H3,(H,16,17,18). The lowest BCUT2D eigenvalue weighted by Crippen LogP contribution is -2.51. The Kier molecular flexibility index (Phi) is 3.44. The molecule has 0 saturated carbocycles. The van der Waals surface area contributed by atoms with Crippen LogP contribution in [-0.4, -0.2) is 39.9 Å². The molecule has 1 aromatic heterocycles. The number of fused-ring (bicyclic) bond motifs is 1. The zero-order valence-corrected chi connectivity index (χ0v) is 11.9. The lowest BCUT2D eigenvalue weighted by atomic mass is 10.1. The summed E-state index contributed by atoms with van der Waals surface area (Å²) in [4.78, 5) is 22.2. The topological polar surface area (TPSA) is 58.1 Å². The smallest absolute Gasteiger partial charge is 0.242 e. The molecule has 2 heterocycles. The summed E-state index contributed by atoms with van der Waals surface area (Å²) in [6.07, 6.45) is 2.55. The Morgan fingerprint density at radius 3 is 3.05 bits per heavy atom. The Balaban J connectivity index is 1.76. The van der Waals surface area contributed by atoms with Gasteiger partial charge in [-0.2, -0.15) is 0 Å². The molecule has 1 aliphatic heterocycles. The number of likely N-dealkylation sites (tertiary alicyclic amines) is 1. The number of halogens is 1. The van der Waals surface area contributed by atoms with Crippen LogP contribution in [0.4, 0.5) is 5.82 Å². The fourth-order valence-corrected chi connectivity index (χ4v) is 2.49. The molecule has 1 atom stereocenters. The average Bonchev–Trinajstić information content (AvgIpc) is 2.43. The normalized spacial score (nSPS) is 17.9. The van der Waals surface area contributed by atoms with Gasteiger partial charge in [-0.1, -0.05) is 11.6 Å². The van der Waals surface area contributed by atoms with Crippen molar-refractivity contribution in [2.24, 2.45) is 0 Å². The van der Waals surface area contributed by atoms with Crippen molar-refractivity contribution in [3.8, 4) is 0 Å². The third kappa shape index (κ3) is 2.41. The Hall–Kier alpha value is -1.88. The number of nitrogens with one attached hydrogen (secondary N) is 1. The quantitative estimate of drug-likeness (QED) is 0.942. The van der Waals surface area contributed by atoms with E-state index in [0.29, 0.717) is 16.9 Å². The van der Waals surface area contributed by atoms with E-state index in [1.165, 1.54) is 6.33 Å². The van der Waals surface area contributed by atoms with Crippen LogP contribution in [0.15, 0.2) is 24.5 Å². The van der Waals surface area contributed by atoms with E-state index >= 15 is 0 Å². The van der Waals surface area contributed by atoms with E-state index in [1.54, 1.807) is 12.1 Å². The van der Waals surface area contributed by atoms with E-state index in [-0.39, 0.29) is 12.5 Å². The predicted octanol–water partition coefficient (Wildman–Crippen LogP) is 2.32. The molecule has 3 rings (SSSR count). The number of carbonyl (C=O) groups excluding carboxylic acids is 1. The molecule has 0 spiro atoms. The van der Waals surface area contributed by atoms with Crippen LogP contribution in [-0.2, 0) is 4.79 Å². The van der Waals surface area contributed by atoms with E-state index in [2.05, 4.69) is 22.2 Å². The summed E-state index contributed by atoms with van der Waals surface area (Å²) in [5.41, 5.74) is 0.764. The van der Waals surface area contributed by atoms with Crippen molar-refractivity contribution in [2.75, 3.05) is 18.4 Å².